The Morgan fingerprint density at radius 1 is 1.14 bits per heavy atom. The number of rotatable bonds is 3. The third-order valence-corrected chi connectivity index (χ3v) is 5.01. The predicted molar refractivity (Wildman–Crippen MR) is 109 cm³/mol. The van der Waals surface area contributed by atoms with Gasteiger partial charge in [-0.2, -0.15) is 0 Å². The lowest BCUT2D eigenvalue weighted by molar-refractivity contribution is 0.0964. The van der Waals surface area contributed by atoms with Crippen molar-refractivity contribution in [2.24, 2.45) is 4.99 Å². The number of allylic oxidation sites excluding steroid dienone is 1. The molecule has 0 saturated heterocycles. The third-order valence-electron chi connectivity index (χ3n) is 5.01. The second kappa shape index (κ2) is 6.60. The van der Waals surface area contributed by atoms with E-state index >= 15 is 0 Å². The van der Waals surface area contributed by atoms with Crippen LogP contribution in [0, 0.1) is 13.8 Å². The van der Waals surface area contributed by atoms with E-state index in [0.29, 0.717) is 23.6 Å². The summed E-state index contributed by atoms with van der Waals surface area (Å²) in [6, 6.07) is 9.75. The average Bonchev–Trinajstić information content (AvgIpc) is 3.16. The number of fused-ring (bicyclic) bond motifs is 1. The Balaban J connectivity index is 1.84. The fourth-order valence-electron chi connectivity index (χ4n) is 3.58. The van der Waals surface area contributed by atoms with E-state index in [0.717, 1.165) is 28.1 Å². The monoisotopic (exact) mass is 375 g/mol. The van der Waals surface area contributed by atoms with Crippen molar-refractivity contribution < 1.29 is 4.79 Å². The molecule has 3 heterocycles. The molecule has 28 heavy (non-hydrogen) atoms. The molecule has 7 nitrogen and oxygen atoms in total. The molecular formula is C21H21N5O2. The molecule has 0 radical (unpaired) electrons. The van der Waals surface area contributed by atoms with E-state index in [-0.39, 0.29) is 5.56 Å². The lowest BCUT2D eigenvalue weighted by Gasteiger charge is -2.10. The van der Waals surface area contributed by atoms with Crippen molar-refractivity contribution in [1.29, 1.82) is 0 Å². The molecule has 2 aromatic heterocycles. The molecule has 1 amide bonds. The summed E-state index contributed by atoms with van der Waals surface area (Å²) in [5.74, 6) is -0.469. The van der Waals surface area contributed by atoms with E-state index in [2.05, 4.69) is 20.4 Å². The minimum Gasteiger partial charge on any atom is -0.320 e. The van der Waals surface area contributed by atoms with Gasteiger partial charge in [-0.25, -0.2) is 9.50 Å². The Morgan fingerprint density at radius 3 is 2.50 bits per heavy atom. The van der Waals surface area contributed by atoms with Crippen LogP contribution >= 0.6 is 0 Å². The van der Waals surface area contributed by atoms with E-state index in [1.165, 1.54) is 4.52 Å². The number of carbonyl (C=O) groups excluding carboxylic acids is 1. The number of nitrogens with one attached hydrogen (secondary N) is 2. The van der Waals surface area contributed by atoms with Gasteiger partial charge in [0.25, 0.3) is 11.5 Å². The van der Waals surface area contributed by atoms with Crippen LogP contribution in [-0.2, 0) is 0 Å². The molecule has 0 atom stereocenters. The van der Waals surface area contributed by atoms with Gasteiger partial charge in [-0.1, -0.05) is 30.3 Å². The van der Waals surface area contributed by atoms with Crippen LogP contribution in [0.2, 0.25) is 0 Å². The number of aromatic amines is 1. The molecule has 0 unspecified atom stereocenters. The van der Waals surface area contributed by atoms with E-state index in [1.54, 1.807) is 6.92 Å². The molecule has 0 bridgehead atoms. The normalized spacial score (nSPS) is 13.9. The number of aromatic nitrogens is 3. The topological polar surface area (TPSA) is 91.6 Å². The van der Waals surface area contributed by atoms with Crippen LogP contribution in [0.1, 0.15) is 35.6 Å². The first-order valence-corrected chi connectivity index (χ1v) is 9.08. The van der Waals surface area contributed by atoms with E-state index in [1.807, 2.05) is 51.1 Å². The number of nitrogens with zero attached hydrogens (tertiary/aromatic N) is 3. The summed E-state index contributed by atoms with van der Waals surface area (Å²) in [5.41, 5.74) is 5.55. The molecule has 1 aliphatic rings. The summed E-state index contributed by atoms with van der Waals surface area (Å²) in [4.78, 5) is 34.9. The maximum atomic E-state index is 13.1. The fraction of sp³-hybridized carbons (Fsp3) is 0.238. The number of aryl methyl sites for hydroxylation is 2. The Hall–Kier alpha value is -3.48. The van der Waals surface area contributed by atoms with Crippen molar-refractivity contribution in [3.8, 4) is 11.1 Å². The number of carbonyl (C=O) groups is 1. The highest BCUT2D eigenvalue weighted by atomic mass is 16.2. The average molecular weight is 375 g/mol. The Morgan fingerprint density at radius 2 is 1.86 bits per heavy atom. The quantitative estimate of drug-likeness (QED) is 0.737. The molecule has 0 aliphatic carbocycles. The summed E-state index contributed by atoms with van der Waals surface area (Å²) in [7, 11) is 0. The van der Waals surface area contributed by atoms with Gasteiger partial charge in [0.1, 0.15) is 5.56 Å². The molecule has 0 spiro atoms. The van der Waals surface area contributed by atoms with Gasteiger partial charge in [0.2, 0.25) is 0 Å². The number of hydrogen-bond donors (Lipinski definition) is 2. The predicted octanol–water partition coefficient (Wildman–Crippen LogP) is 2.78. The van der Waals surface area contributed by atoms with Crippen molar-refractivity contribution >= 4 is 17.3 Å². The van der Waals surface area contributed by atoms with Gasteiger partial charge in [-0.15, -0.1) is 0 Å². The van der Waals surface area contributed by atoms with Gasteiger partial charge in [0, 0.05) is 11.3 Å². The second-order valence-corrected chi connectivity index (χ2v) is 7.03. The first kappa shape index (κ1) is 17.9. The number of benzene rings is 1. The molecule has 1 aliphatic heterocycles. The van der Waals surface area contributed by atoms with Crippen LogP contribution < -0.4 is 10.9 Å². The molecule has 142 valence electrons. The summed E-state index contributed by atoms with van der Waals surface area (Å²) < 4.78 is 1.34. The van der Waals surface area contributed by atoms with Crippen molar-refractivity contribution in [2.75, 3.05) is 6.54 Å². The lowest BCUT2D eigenvalue weighted by atomic mass is 10.1. The molecule has 7 heteroatoms. The van der Waals surface area contributed by atoms with Crippen LogP contribution in [0.4, 0.5) is 0 Å². The molecule has 2 N–H and O–H groups in total. The minimum absolute atomic E-state index is 0.0263. The Bertz CT molecular complexity index is 1230. The summed E-state index contributed by atoms with van der Waals surface area (Å²) in [5, 5.41) is 5.89. The molecule has 3 aromatic rings. The number of amides is 1. The zero-order chi connectivity index (χ0) is 20.0. The van der Waals surface area contributed by atoms with Gasteiger partial charge in [0.05, 0.1) is 23.6 Å². The molecule has 4 rings (SSSR count). The SMILES string of the molecule is CC1=NCC(C)=C1NC(=O)c1c(C)nc2c(-c3ccccc3)c(C)[nH]n2c1=O. The fourth-order valence-corrected chi connectivity index (χ4v) is 3.58. The molecule has 1 aromatic carbocycles. The Labute approximate surface area is 161 Å². The van der Waals surface area contributed by atoms with Gasteiger partial charge in [-0.05, 0) is 38.8 Å². The second-order valence-electron chi connectivity index (χ2n) is 7.03. The van der Waals surface area contributed by atoms with Gasteiger partial charge >= 0.3 is 0 Å². The van der Waals surface area contributed by atoms with Gasteiger partial charge < -0.3 is 5.32 Å². The minimum atomic E-state index is -0.469. The molecule has 0 saturated carbocycles. The number of H-pyrrole nitrogens is 1. The summed E-state index contributed by atoms with van der Waals surface area (Å²) in [6.07, 6.45) is 0. The van der Waals surface area contributed by atoms with Crippen molar-refractivity contribution in [2.45, 2.75) is 27.7 Å². The molecular weight excluding hydrogens is 354 g/mol. The lowest BCUT2D eigenvalue weighted by Crippen LogP contribution is -2.34. The molecule has 0 fully saturated rings. The standard InChI is InChI=1S/C21H21N5O2/c1-11-10-22-14(4)18(11)24-20(27)17-12(2)23-19-16(15-8-6-5-7-9-15)13(3)25-26(19)21(17)28/h5-9,25H,10H2,1-4H3,(H,24,27). The smallest absolute Gasteiger partial charge is 0.285 e. The summed E-state index contributed by atoms with van der Waals surface area (Å²) in [6.45, 7) is 7.89. The highest BCUT2D eigenvalue weighted by Gasteiger charge is 2.24. The van der Waals surface area contributed by atoms with Crippen LogP contribution in [0.25, 0.3) is 16.8 Å². The maximum absolute atomic E-state index is 13.1. The third kappa shape index (κ3) is 2.76. The summed E-state index contributed by atoms with van der Waals surface area (Å²) >= 11 is 0. The largest absolute Gasteiger partial charge is 0.320 e. The number of hydrogen-bond acceptors (Lipinski definition) is 4. The highest BCUT2D eigenvalue weighted by Crippen LogP contribution is 2.26. The highest BCUT2D eigenvalue weighted by molar-refractivity contribution is 6.07. The Kier molecular flexibility index (Phi) is 4.22. The maximum Gasteiger partial charge on any atom is 0.285 e. The van der Waals surface area contributed by atoms with Gasteiger partial charge in [-0.3, -0.25) is 19.7 Å². The zero-order valence-electron chi connectivity index (χ0n) is 16.3. The van der Waals surface area contributed by atoms with Gasteiger partial charge in [0.15, 0.2) is 5.65 Å². The van der Waals surface area contributed by atoms with Crippen LogP contribution in [0.3, 0.4) is 0 Å². The first-order chi connectivity index (χ1) is 13.4. The van der Waals surface area contributed by atoms with E-state index in [4.69, 9.17) is 0 Å². The van der Waals surface area contributed by atoms with Crippen molar-refractivity contribution in [1.82, 2.24) is 19.9 Å². The zero-order valence-corrected chi connectivity index (χ0v) is 16.3. The van der Waals surface area contributed by atoms with E-state index < -0.39 is 11.5 Å². The van der Waals surface area contributed by atoms with Crippen LogP contribution in [0.5, 0.6) is 0 Å². The van der Waals surface area contributed by atoms with E-state index in [9.17, 15) is 9.59 Å². The van der Waals surface area contributed by atoms with Crippen molar-refractivity contribution in [3.05, 3.63) is 68.9 Å². The van der Waals surface area contributed by atoms with Crippen molar-refractivity contribution in [3.63, 3.8) is 0 Å². The van der Waals surface area contributed by atoms with Crippen LogP contribution in [-0.4, -0.2) is 32.8 Å². The number of aliphatic imine (C=N–C) groups is 1. The first-order valence-electron chi connectivity index (χ1n) is 9.08. The van der Waals surface area contributed by atoms with Crippen LogP contribution in [0.15, 0.2) is 51.4 Å².